The molecule has 9 nitrogen and oxygen atoms in total. The second-order valence-corrected chi connectivity index (χ2v) is 6.58. The summed E-state index contributed by atoms with van der Waals surface area (Å²) in [5.74, 6) is -0.549. The number of nitrogens with one attached hydrogen (secondary N) is 1. The second-order valence-electron chi connectivity index (χ2n) is 6.58. The number of nitro groups is 1. The average molecular weight is 445 g/mol. The van der Waals surface area contributed by atoms with E-state index in [4.69, 9.17) is 9.47 Å². The molecule has 1 N–H and O–H groups in total. The van der Waals surface area contributed by atoms with Crippen LogP contribution in [0.5, 0.6) is 11.5 Å². The van der Waals surface area contributed by atoms with Crippen molar-refractivity contribution in [2.75, 3.05) is 7.11 Å². The molecule has 0 saturated carbocycles. The maximum atomic E-state index is 12.1. The number of nitrogens with zero attached hydrogens (tertiary/aromatic N) is 2. The third-order valence-electron chi connectivity index (χ3n) is 4.33. The number of non-ortho nitro benzene ring substituents is 1. The Morgan fingerprint density at radius 2 is 1.70 bits per heavy atom. The highest BCUT2D eigenvalue weighted by Crippen LogP contribution is 2.27. The summed E-state index contributed by atoms with van der Waals surface area (Å²) < 4.78 is 10.6. The van der Waals surface area contributed by atoms with Crippen molar-refractivity contribution in [2.24, 2.45) is 5.10 Å². The number of benzene rings is 3. The highest BCUT2D eigenvalue weighted by molar-refractivity contribution is 5.95. The number of rotatable bonds is 8. The average Bonchev–Trinajstić information content (AvgIpc) is 2.84. The van der Waals surface area contributed by atoms with Crippen molar-refractivity contribution in [3.8, 4) is 11.5 Å². The van der Waals surface area contributed by atoms with Gasteiger partial charge in [0.05, 0.1) is 18.2 Å². The largest absolute Gasteiger partial charge is 0.493 e. The molecule has 3 aromatic rings. The smallest absolute Gasteiger partial charge is 0.336 e. The molecule has 3 rings (SSSR count). The van der Waals surface area contributed by atoms with Crippen LogP contribution in [0, 0.1) is 10.1 Å². The molecule has 0 atom stereocenters. The Morgan fingerprint density at radius 1 is 0.970 bits per heavy atom. The van der Waals surface area contributed by atoms with Crippen LogP contribution >= 0.6 is 0 Å². The molecule has 1 amide bonds. The number of hydrazone groups is 1. The van der Waals surface area contributed by atoms with Crippen molar-refractivity contribution in [2.45, 2.75) is 0 Å². The fourth-order valence-corrected chi connectivity index (χ4v) is 2.68. The fraction of sp³-hybridized carbons (Fsp3) is 0.0417. The molecule has 166 valence electrons. The zero-order valence-electron chi connectivity index (χ0n) is 17.5. The second kappa shape index (κ2) is 11.0. The molecule has 0 aliphatic heterocycles. The molecule has 0 aromatic heterocycles. The number of hydrogen-bond acceptors (Lipinski definition) is 7. The van der Waals surface area contributed by atoms with Gasteiger partial charge in [0.1, 0.15) is 0 Å². The maximum absolute atomic E-state index is 12.1. The SMILES string of the molecule is COc1cc(/C=N/NC(=O)c2ccc([N+](=O)[O-])cc2)ccc1OC(=O)/C=C/c1ccccc1. The number of carbonyl (C=O) groups excluding carboxylic acids is 2. The van der Waals surface area contributed by atoms with Crippen LogP contribution in [0.15, 0.2) is 84.0 Å². The fourth-order valence-electron chi connectivity index (χ4n) is 2.68. The lowest BCUT2D eigenvalue weighted by molar-refractivity contribution is -0.384. The molecular weight excluding hydrogens is 426 g/mol. The van der Waals surface area contributed by atoms with Gasteiger partial charge in [-0.1, -0.05) is 30.3 Å². The lowest BCUT2D eigenvalue weighted by atomic mass is 10.2. The summed E-state index contributed by atoms with van der Waals surface area (Å²) in [6.45, 7) is 0. The van der Waals surface area contributed by atoms with Gasteiger partial charge in [-0.25, -0.2) is 10.2 Å². The molecule has 33 heavy (non-hydrogen) atoms. The Bertz CT molecular complexity index is 1200. The van der Waals surface area contributed by atoms with Crippen LogP contribution in [-0.4, -0.2) is 30.1 Å². The lowest BCUT2D eigenvalue weighted by Crippen LogP contribution is -2.17. The quantitative estimate of drug-likeness (QED) is 0.140. The standard InChI is InChI=1S/C24H19N3O6/c1-32-22-15-18(16-25-26-24(29)19-9-11-20(12-10-19)27(30)31)7-13-21(22)33-23(28)14-8-17-5-3-2-4-6-17/h2-16H,1H3,(H,26,29)/b14-8+,25-16+. The zero-order valence-corrected chi connectivity index (χ0v) is 17.5. The van der Waals surface area contributed by atoms with Crippen LogP contribution in [0.1, 0.15) is 21.5 Å². The third kappa shape index (κ3) is 6.59. The number of amides is 1. The van der Waals surface area contributed by atoms with Gasteiger partial charge in [-0.05, 0) is 47.5 Å². The van der Waals surface area contributed by atoms with E-state index in [1.807, 2.05) is 30.3 Å². The first-order valence-corrected chi connectivity index (χ1v) is 9.67. The first-order valence-electron chi connectivity index (χ1n) is 9.67. The first kappa shape index (κ1) is 22.9. The lowest BCUT2D eigenvalue weighted by Gasteiger charge is -2.08. The van der Waals surface area contributed by atoms with Crippen LogP contribution in [-0.2, 0) is 4.79 Å². The highest BCUT2D eigenvalue weighted by Gasteiger charge is 2.10. The van der Waals surface area contributed by atoms with E-state index >= 15 is 0 Å². The normalized spacial score (nSPS) is 10.8. The van der Waals surface area contributed by atoms with Crippen molar-refractivity contribution in [1.29, 1.82) is 0 Å². The summed E-state index contributed by atoms with van der Waals surface area (Å²) in [4.78, 5) is 34.3. The van der Waals surface area contributed by atoms with E-state index in [0.29, 0.717) is 11.3 Å². The van der Waals surface area contributed by atoms with Gasteiger partial charge < -0.3 is 9.47 Å². The minimum atomic E-state index is -0.561. The van der Waals surface area contributed by atoms with Gasteiger partial charge in [0.15, 0.2) is 11.5 Å². The van der Waals surface area contributed by atoms with Crippen molar-refractivity contribution < 1.29 is 24.0 Å². The highest BCUT2D eigenvalue weighted by atomic mass is 16.6. The van der Waals surface area contributed by atoms with E-state index in [2.05, 4.69) is 10.5 Å². The van der Waals surface area contributed by atoms with Gasteiger partial charge in [-0.15, -0.1) is 0 Å². The van der Waals surface area contributed by atoms with Gasteiger partial charge >= 0.3 is 5.97 Å². The molecule has 0 aliphatic carbocycles. The molecule has 0 aliphatic rings. The number of hydrogen-bond donors (Lipinski definition) is 1. The van der Waals surface area contributed by atoms with Crippen LogP contribution in [0.3, 0.4) is 0 Å². The van der Waals surface area contributed by atoms with E-state index in [9.17, 15) is 19.7 Å². The minimum Gasteiger partial charge on any atom is -0.493 e. The number of methoxy groups -OCH3 is 1. The number of nitro benzene ring substituents is 1. The Labute approximate surface area is 189 Å². The van der Waals surface area contributed by atoms with Gasteiger partial charge in [-0.3, -0.25) is 14.9 Å². The van der Waals surface area contributed by atoms with Crippen molar-refractivity contribution in [3.05, 3.63) is 106 Å². The van der Waals surface area contributed by atoms with Crippen LogP contribution in [0.2, 0.25) is 0 Å². The predicted molar refractivity (Wildman–Crippen MR) is 122 cm³/mol. The molecule has 3 aromatic carbocycles. The van der Waals surface area contributed by atoms with E-state index in [1.54, 1.807) is 24.3 Å². The first-order chi connectivity index (χ1) is 16.0. The van der Waals surface area contributed by atoms with Crippen LogP contribution in [0.4, 0.5) is 5.69 Å². The van der Waals surface area contributed by atoms with E-state index < -0.39 is 16.8 Å². The molecule has 0 radical (unpaired) electrons. The monoisotopic (exact) mass is 445 g/mol. The van der Waals surface area contributed by atoms with Gasteiger partial charge in [0, 0.05) is 23.8 Å². The molecule has 0 spiro atoms. The van der Waals surface area contributed by atoms with Crippen LogP contribution < -0.4 is 14.9 Å². The summed E-state index contributed by atoms with van der Waals surface area (Å²) >= 11 is 0. The molecule has 0 fully saturated rings. The topological polar surface area (TPSA) is 120 Å². The minimum absolute atomic E-state index is 0.113. The molecule has 9 heteroatoms. The molecule has 0 saturated heterocycles. The molecular formula is C24H19N3O6. The summed E-state index contributed by atoms with van der Waals surface area (Å²) in [5, 5.41) is 14.5. The number of esters is 1. The summed E-state index contributed by atoms with van der Waals surface area (Å²) in [6.07, 6.45) is 4.34. The van der Waals surface area contributed by atoms with E-state index in [0.717, 1.165) is 5.56 Å². The summed E-state index contributed by atoms with van der Waals surface area (Å²) in [6, 6.07) is 19.2. The summed E-state index contributed by atoms with van der Waals surface area (Å²) in [7, 11) is 1.43. The number of ether oxygens (including phenoxy) is 2. The van der Waals surface area contributed by atoms with Gasteiger partial charge in [0.25, 0.3) is 11.6 Å². The Balaban J connectivity index is 1.61. The number of carbonyl (C=O) groups is 2. The third-order valence-corrected chi connectivity index (χ3v) is 4.33. The maximum Gasteiger partial charge on any atom is 0.336 e. The molecule has 0 unspecified atom stereocenters. The summed E-state index contributed by atoms with van der Waals surface area (Å²) in [5.41, 5.74) is 3.89. The van der Waals surface area contributed by atoms with Crippen molar-refractivity contribution >= 4 is 29.9 Å². The zero-order chi connectivity index (χ0) is 23.6. The molecule has 0 bridgehead atoms. The van der Waals surface area contributed by atoms with Gasteiger partial charge in [0.2, 0.25) is 0 Å². The Hall–Kier alpha value is -4.79. The van der Waals surface area contributed by atoms with E-state index in [-0.39, 0.29) is 17.0 Å². The van der Waals surface area contributed by atoms with Gasteiger partial charge in [-0.2, -0.15) is 5.10 Å². The van der Waals surface area contributed by atoms with Crippen molar-refractivity contribution in [3.63, 3.8) is 0 Å². The van der Waals surface area contributed by atoms with Crippen molar-refractivity contribution in [1.82, 2.24) is 5.43 Å². The Kier molecular flexibility index (Phi) is 7.63. The van der Waals surface area contributed by atoms with Crippen LogP contribution in [0.25, 0.3) is 6.08 Å². The Morgan fingerprint density at radius 3 is 2.36 bits per heavy atom. The molecule has 0 heterocycles. The predicted octanol–water partition coefficient (Wildman–Crippen LogP) is 3.99. The van der Waals surface area contributed by atoms with E-state index in [1.165, 1.54) is 43.7 Å².